The van der Waals surface area contributed by atoms with Gasteiger partial charge in [0, 0.05) is 12.4 Å². The fourth-order valence-electron chi connectivity index (χ4n) is 3.49. The summed E-state index contributed by atoms with van der Waals surface area (Å²) in [6.45, 7) is 0.0309. The molecule has 1 heterocycles. The van der Waals surface area contributed by atoms with E-state index >= 15 is 0 Å². The molecule has 0 amide bonds. The molecule has 0 saturated heterocycles. The van der Waals surface area contributed by atoms with Crippen molar-refractivity contribution in [2.45, 2.75) is 19.3 Å². The number of nitrogens with zero attached hydrogens (tertiary/aromatic N) is 2. The van der Waals surface area contributed by atoms with Crippen LogP contribution in [-0.4, -0.2) is 25.3 Å². The number of para-hydroxylation sites is 2. The van der Waals surface area contributed by atoms with Crippen molar-refractivity contribution in [1.29, 1.82) is 0 Å². The quantitative estimate of drug-likeness (QED) is 0.240. The van der Waals surface area contributed by atoms with Gasteiger partial charge in [-0.1, -0.05) is 48.5 Å². The largest absolute Gasteiger partial charge is 0.485 e. The van der Waals surface area contributed by atoms with Gasteiger partial charge in [-0.25, -0.2) is 8.42 Å². The molecule has 6 nitrogen and oxygen atoms in total. The van der Waals surface area contributed by atoms with Crippen LogP contribution in [0.5, 0.6) is 17.2 Å². The summed E-state index contributed by atoms with van der Waals surface area (Å²) in [5, 5.41) is 0. The van der Waals surface area contributed by atoms with Crippen LogP contribution in [-0.2, 0) is 23.2 Å². The standard InChI is InChI=1S/C27H23F3N2O4S/c28-27(29,30)20-37(33,34)32(18-22-9-6-16-31-17-22)23-12-14-24(15-13-23)36-26-11-5-4-10-25(26)35-19-21-7-2-1-3-8-21/h1-17H,18-20H2. The SMILES string of the molecule is O=S(=O)(CC(F)(F)F)N(Cc1cccnc1)c1ccc(Oc2ccccc2OCc2ccccc2)cc1. The third kappa shape index (κ3) is 7.47. The fourth-order valence-corrected chi connectivity index (χ4v) is 4.85. The highest BCUT2D eigenvalue weighted by molar-refractivity contribution is 7.92. The number of alkyl halides is 3. The maximum absolute atomic E-state index is 13.0. The van der Waals surface area contributed by atoms with Crippen molar-refractivity contribution >= 4 is 15.7 Å². The van der Waals surface area contributed by atoms with Crippen LogP contribution in [0.15, 0.2) is 103 Å². The summed E-state index contributed by atoms with van der Waals surface area (Å²) in [6, 6.07) is 25.6. The molecule has 0 aliphatic rings. The van der Waals surface area contributed by atoms with Crippen molar-refractivity contribution in [2.24, 2.45) is 0 Å². The second kappa shape index (κ2) is 11.3. The third-order valence-corrected chi connectivity index (χ3v) is 6.87. The highest BCUT2D eigenvalue weighted by atomic mass is 32.2. The van der Waals surface area contributed by atoms with Gasteiger partial charge < -0.3 is 9.47 Å². The number of rotatable bonds is 10. The predicted octanol–water partition coefficient (Wildman–Crippen LogP) is 6.35. The van der Waals surface area contributed by atoms with Crippen LogP contribution in [0.2, 0.25) is 0 Å². The summed E-state index contributed by atoms with van der Waals surface area (Å²) in [6.07, 6.45) is -2.00. The average Bonchev–Trinajstić information content (AvgIpc) is 2.87. The zero-order valence-electron chi connectivity index (χ0n) is 19.5. The van der Waals surface area contributed by atoms with Crippen LogP contribution >= 0.6 is 0 Å². The molecule has 0 bridgehead atoms. The first kappa shape index (κ1) is 26.0. The van der Waals surface area contributed by atoms with E-state index in [0.29, 0.717) is 29.4 Å². The van der Waals surface area contributed by atoms with Crippen LogP contribution in [0, 0.1) is 0 Å². The molecule has 0 fully saturated rings. The van der Waals surface area contributed by atoms with Crippen molar-refractivity contribution < 1.29 is 31.1 Å². The average molecular weight is 529 g/mol. The monoisotopic (exact) mass is 528 g/mol. The van der Waals surface area contributed by atoms with Gasteiger partial charge in [0.25, 0.3) is 0 Å². The van der Waals surface area contributed by atoms with Crippen LogP contribution in [0.3, 0.4) is 0 Å². The molecule has 10 heteroatoms. The number of sulfonamides is 1. The number of hydrogen-bond donors (Lipinski definition) is 0. The molecule has 0 radical (unpaired) electrons. The smallest absolute Gasteiger partial charge is 0.404 e. The number of aromatic nitrogens is 1. The van der Waals surface area contributed by atoms with Crippen LogP contribution < -0.4 is 13.8 Å². The van der Waals surface area contributed by atoms with Crippen LogP contribution in [0.4, 0.5) is 18.9 Å². The zero-order chi connectivity index (χ0) is 26.3. The van der Waals surface area contributed by atoms with Crippen molar-refractivity contribution in [3.63, 3.8) is 0 Å². The molecule has 0 saturated carbocycles. The van der Waals surface area contributed by atoms with Crippen molar-refractivity contribution in [2.75, 3.05) is 10.1 Å². The first-order valence-electron chi connectivity index (χ1n) is 11.2. The van der Waals surface area contributed by atoms with Gasteiger partial charge in [0.15, 0.2) is 17.3 Å². The summed E-state index contributed by atoms with van der Waals surface area (Å²) in [4.78, 5) is 3.92. The van der Waals surface area contributed by atoms with Crippen LogP contribution in [0.1, 0.15) is 11.1 Å². The normalized spacial score (nSPS) is 11.6. The number of anilines is 1. The topological polar surface area (TPSA) is 68.7 Å². The van der Waals surface area contributed by atoms with E-state index in [-0.39, 0.29) is 12.2 Å². The van der Waals surface area contributed by atoms with E-state index < -0.39 is 22.0 Å². The minimum absolute atomic E-state index is 0.0639. The molecule has 37 heavy (non-hydrogen) atoms. The molecule has 0 aliphatic heterocycles. The molecule has 0 spiro atoms. The van der Waals surface area contributed by atoms with Gasteiger partial charge in [-0.2, -0.15) is 13.2 Å². The molecule has 0 aliphatic carbocycles. The Hall–Kier alpha value is -4.05. The van der Waals surface area contributed by atoms with Crippen LogP contribution in [0.25, 0.3) is 0 Å². The number of benzene rings is 3. The Kier molecular flexibility index (Phi) is 7.98. The molecule has 0 atom stereocenters. The first-order chi connectivity index (χ1) is 17.7. The molecule has 4 rings (SSSR count). The van der Waals surface area contributed by atoms with Gasteiger partial charge in [0.1, 0.15) is 12.4 Å². The summed E-state index contributed by atoms with van der Waals surface area (Å²) in [5.74, 6) is -0.691. The Morgan fingerprint density at radius 1 is 0.784 bits per heavy atom. The maximum Gasteiger partial charge on any atom is 0.404 e. The molecular weight excluding hydrogens is 505 g/mol. The maximum atomic E-state index is 13.0. The van der Waals surface area contributed by atoms with E-state index in [9.17, 15) is 21.6 Å². The van der Waals surface area contributed by atoms with Gasteiger partial charge in [-0.05, 0) is 53.6 Å². The second-order valence-electron chi connectivity index (χ2n) is 8.06. The van der Waals surface area contributed by atoms with E-state index in [1.54, 1.807) is 36.4 Å². The molecule has 0 unspecified atom stereocenters. The zero-order valence-corrected chi connectivity index (χ0v) is 20.3. The lowest BCUT2D eigenvalue weighted by molar-refractivity contribution is -0.106. The van der Waals surface area contributed by atoms with Gasteiger partial charge in [-0.15, -0.1) is 0 Å². The highest BCUT2D eigenvalue weighted by Gasteiger charge is 2.38. The summed E-state index contributed by atoms with van der Waals surface area (Å²) in [7, 11) is -4.72. The van der Waals surface area contributed by atoms with Gasteiger partial charge in [-0.3, -0.25) is 9.29 Å². The Bertz CT molecular complexity index is 1400. The summed E-state index contributed by atoms with van der Waals surface area (Å²) >= 11 is 0. The third-order valence-electron chi connectivity index (χ3n) is 5.17. The van der Waals surface area contributed by atoms with Crippen molar-refractivity contribution in [3.05, 3.63) is 115 Å². The number of ether oxygens (including phenoxy) is 2. The molecule has 4 aromatic rings. The summed E-state index contributed by atoms with van der Waals surface area (Å²) < 4.78 is 77.0. The molecule has 3 aromatic carbocycles. The Labute approximate surface area is 213 Å². The lowest BCUT2D eigenvalue weighted by atomic mass is 10.2. The van der Waals surface area contributed by atoms with Crippen molar-refractivity contribution in [3.8, 4) is 17.2 Å². The summed E-state index contributed by atoms with van der Waals surface area (Å²) in [5.41, 5.74) is 1.49. The Morgan fingerprint density at radius 3 is 2.08 bits per heavy atom. The Morgan fingerprint density at radius 2 is 1.43 bits per heavy atom. The highest BCUT2D eigenvalue weighted by Crippen LogP contribution is 2.33. The number of halogens is 3. The van der Waals surface area contributed by atoms with Gasteiger partial charge >= 0.3 is 6.18 Å². The molecule has 1 aromatic heterocycles. The lowest BCUT2D eigenvalue weighted by Gasteiger charge is -2.25. The molecule has 192 valence electrons. The minimum atomic E-state index is -4.89. The second-order valence-corrected chi connectivity index (χ2v) is 9.95. The molecular formula is C27H23F3N2O4S. The predicted molar refractivity (Wildman–Crippen MR) is 134 cm³/mol. The fraction of sp³-hybridized carbons (Fsp3) is 0.148. The van der Waals surface area contributed by atoms with E-state index in [1.165, 1.54) is 36.7 Å². The van der Waals surface area contributed by atoms with E-state index in [4.69, 9.17) is 9.47 Å². The first-order valence-corrected chi connectivity index (χ1v) is 12.8. The van der Waals surface area contributed by atoms with E-state index in [1.807, 2.05) is 30.3 Å². The molecule has 0 N–H and O–H groups in total. The minimum Gasteiger partial charge on any atom is -0.485 e. The van der Waals surface area contributed by atoms with Crippen molar-refractivity contribution in [1.82, 2.24) is 4.98 Å². The Balaban J connectivity index is 1.54. The van der Waals surface area contributed by atoms with Gasteiger partial charge in [0.2, 0.25) is 10.0 Å². The van der Waals surface area contributed by atoms with E-state index in [2.05, 4.69) is 4.98 Å². The number of hydrogen-bond acceptors (Lipinski definition) is 5. The lowest BCUT2D eigenvalue weighted by Crippen LogP contribution is -2.37. The van der Waals surface area contributed by atoms with E-state index in [0.717, 1.165) is 9.87 Å². The van der Waals surface area contributed by atoms with Gasteiger partial charge in [0.05, 0.1) is 12.2 Å². The number of pyridine rings is 1.